The topological polar surface area (TPSA) is 58.6 Å². The van der Waals surface area contributed by atoms with Crippen LogP contribution in [0.25, 0.3) is 0 Å². The van der Waals surface area contributed by atoms with Crippen molar-refractivity contribution in [1.82, 2.24) is 10.2 Å². The molecule has 0 aliphatic heterocycles. The molecule has 0 radical (unpaired) electrons. The van der Waals surface area contributed by atoms with Gasteiger partial charge in [-0.2, -0.15) is 0 Å². The molecule has 0 heterocycles. The molecule has 2 amide bonds. The molecule has 0 aliphatic rings. The van der Waals surface area contributed by atoms with Crippen molar-refractivity contribution >= 4 is 11.8 Å². The van der Waals surface area contributed by atoms with Crippen molar-refractivity contribution in [2.75, 3.05) is 19.6 Å². The Morgan fingerprint density at radius 2 is 1.58 bits per heavy atom. The largest absolute Gasteiger partial charge is 0.457 e. The highest BCUT2D eigenvalue weighted by Crippen LogP contribution is 2.21. The molecular weight excluding hydrogens is 328 g/mol. The zero-order chi connectivity index (χ0) is 18.8. The molecule has 0 aromatic heterocycles. The summed E-state index contributed by atoms with van der Waals surface area (Å²) in [5.74, 6) is 1.13. The van der Waals surface area contributed by atoms with Gasteiger partial charge in [0.25, 0.3) is 5.91 Å². The first-order chi connectivity index (χ1) is 12.6. The van der Waals surface area contributed by atoms with Crippen molar-refractivity contribution in [3.8, 4) is 11.5 Å². The van der Waals surface area contributed by atoms with E-state index in [9.17, 15) is 9.59 Å². The van der Waals surface area contributed by atoms with Crippen molar-refractivity contribution < 1.29 is 14.3 Å². The minimum Gasteiger partial charge on any atom is -0.457 e. The van der Waals surface area contributed by atoms with E-state index in [2.05, 4.69) is 5.32 Å². The van der Waals surface area contributed by atoms with Gasteiger partial charge in [0.15, 0.2) is 0 Å². The second-order valence-electron chi connectivity index (χ2n) is 6.02. The lowest BCUT2D eigenvalue weighted by Gasteiger charge is -2.21. The molecule has 0 unspecified atom stereocenters. The van der Waals surface area contributed by atoms with Gasteiger partial charge in [-0.15, -0.1) is 0 Å². The summed E-state index contributed by atoms with van der Waals surface area (Å²) in [6.07, 6.45) is 1.67. The van der Waals surface area contributed by atoms with E-state index in [1.165, 1.54) is 0 Å². The molecule has 0 saturated heterocycles. The number of amides is 2. The zero-order valence-electron chi connectivity index (χ0n) is 15.4. The van der Waals surface area contributed by atoms with Gasteiger partial charge >= 0.3 is 0 Å². The number of carbonyl (C=O) groups is 2. The fourth-order valence-electron chi connectivity index (χ4n) is 2.49. The molecule has 2 aromatic rings. The van der Waals surface area contributed by atoms with Gasteiger partial charge in [0, 0.05) is 18.7 Å². The number of carbonyl (C=O) groups excluding carboxylic acids is 2. The number of ether oxygens (including phenoxy) is 1. The number of para-hydroxylation sites is 1. The monoisotopic (exact) mass is 354 g/mol. The van der Waals surface area contributed by atoms with Crippen LogP contribution >= 0.6 is 0 Å². The maximum absolute atomic E-state index is 12.7. The summed E-state index contributed by atoms with van der Waals surface area (Å²) in [5.41, 5.74) is 0.544. The van der Waals surface area contributed by atoms with Gasteiger partial charge < -0.3 is 15.0 Å². The van der Waals surface area contributed by atoms with Crippen LogP contribution in [0.1, 0.15) is 37.0 Å². The van der Waals surface area contributed by atoms with E-state index in [1.807, 2.05) is 44.2 Å². The third kappa shape index (κ3) is 5.92. The van der Waals surface area contributed by atoms with Crippen molar-refractivity contribution in [1.29, 1.82) is 0 Å². The smallest absolute Gasteiger partial charge is 0.254 e. The summed E-state index contributed by atoms with van der Waals surface area (Å²) in [6, 6.07) is 16.5. The Morgan fingerprint density at radius 3 is 2.19 bits per heavy atom. The number of hydrogen-bond donors (Lipinski definition) is 1. The summed E-state index contributed by atoms with van der Waals surface area (Å²) >= 11 is 0. The molecule has 0 saturated carbocycles. The average Bonchev–Trinajstić information content (AvgIpc) is 2.67. The van der Waals surface area contributed by atoms with Crippen molar-refractivity contribution in [3.05, 3.63) is 60.2 Å². The van der Waals surface area contributed by atoms with Crippen molar-refractivity contribution in [2.45, 2.75) is 26.7 Å². The highest BCUT2D eigenvalue weighted by atomic mass is 16.5. The SMILES string of the molecule is CCCNC(=O)CN(CCC)C(=O)c1ccc(Oc2ccccc2)cc1. The second kappa shape index (κ2) is 10.2. The van der Waals surface area contributed by atoms with Crippen LogP contribution in [0, 0.1) is 0 Å². The van der Waals surface area contributed by atoms with Crippen LogP contribution in [-0.4, -0.2) is 36.3 Å². The lowest BCUT2D eigenvalue weighted by Crippen LogP contribution is -2.41. The maximum Gasteiger partial charge on any atom is 0.254 e. The van der Waals surface area contributed by atoms with E-state index in [0.29, 0.717) is 24.4 Å². The van der Waals surface area contributed by atoms with E-state index < -0.39 is 0 Å². The number of rotatable bonds is 9. The summed E-state index contributed by atoms with van der Waals surface area (Å²) in [5, 5.41) is 2.81. The van der Waals surface area contributed by atoms with Crippen LogP contribution in [-0.2, 0) is 4.79 Å². The third-order valence-corrected chi connectivity index (χ3v) is 3.77. The molecule has 0 atom stereocenters. The predicted molar refractivity (Wildman–Crippen MR) is 102 cm³/mol. The Balaban J connectivity index is 2.02. The highest BCUT2D eigenvalue weighted by molar-refractivity contribution is 5.96. The Kier molecular flexibility index (Phi) is 7.68. The van der Waals surface area contributed by atoms with Gasteiger partial charge in [-0.1, -0.05) is 32.0 Å². The number of hydrogen-bond acceptors (Lipinski definition) is 3. The van der Waals surface area contributed by atoms with Gasteiger partial charge in [0.05, 0.1) is 6.54 Å². The molecular formula is C21H26N2O3. The molecule has 26 heavy (non-hydrogen) atoms. The van der Waals surface area contributed by atoms with Crippen LogP contribution in [0.5, 0.6) is 11.5 Å². The van der Waals surface area contributed by atoms with Crippen LogP contribution in [0.15, 0.2) is 54.6 Å². The van der Waals surface area contributed by atoms with E-state index in [1.54, 1.807) is 29.2 Å². The predicted octanol–water partition coefficient (Wildman–Crippen LogP) is 3.86. The molecule has 5 heteroatoms. The fourth-order valence-corrected chi connectivity index (χ4v) is 2.49. The van der Waals surface area contributed by atoms with Gasteiger partial charge in [-0.05, 0) is 49.2 Å². The van der Waals surface area contributed by atoms with Crippen molar-refractivity contribution in [2.24, 2.45) is 0 Å². The third-order valence-electron chi connectivity index (χ3n) is 3.77. The lowest BCUT2D eigenvalue weighted by molar-refractivity contribution is -0.121. The number of nitrogens with zero attached hydrogens (tertiary/aromatic N) is 1. The lowest BCUT2D eigenvalue weighted by atomic mass is 10.2. The quantitative estimate of drug-likeness (QED) is 0.744. The Morgan fingerprint density at radius 1 is 0.923 bits per heavy atom. The summed E-state index contributed by atoms with van der Waals surface area (Å²) in [4.78, 5) is 26.3. The first-order valence-electron chi connectivity index (χ1n) is 9.03. The van der Waals surface area contributed by atoms with Crippen LogP contribution < -0.4 is 10.1 Å². The Hall–Kier alpha value is -2.82. The first kappa shape index (κ1) is 19.5. The Labute approximate surface area is 155 Å². The number of nitrogens with one attached hydrogen (secondary N) is 1. The minimum atomic E-state index is -0.148. The highest BCUT2D eigenvalue weighted by Gasteiger charge is 2.18. The summed E-state index contributed by atoms with van der Waals surface area (Å²) in [6.45, 7) is 5.23. The van der Waals surface area contributed by atoms with Gasteiger partial charge in [-0.3, -0.25) is 9.59 Å². The number of benzene rings is 2. The van der Waals surface area contributed by atoms with Gasteiger partial charge in [0.1, 0.15) is 11.5 Å². The van der Waals surface area contributed by atoms with E-state index in [4.69, 9.17) is 4.74 Å². The molecule has 2 rings (SSSR count). The maximum atomic E-state index is 12.7. The normalized spacial score (nSPS) is 10.2. The second-order valence-corrected chi connectivity index (χ2v) is 6.02. The molecule has 1 N–H and O–H groups in total. The molecule has 2 aromatic carbocycles. The van der Waals surface area contributed by atoms with Crippen LogP contribution in [0.2, 0.25) is 0 Å². The molecule has 138 valence electrons. The van der Waals surface area contributed by atoms with Gasteiger partial charge in [0.2, 0.25) is 5.91 Å². The van der Waals surface area contributed by atoms with Crippen LogP contribution in [0.3, 0.4) is 0 Å². The zero-order valence-corrected chi connectivity index (χ0v) is 15.4. The average molecular weight is 354 g/mol. The van der Waals surface area contributed by atoms with E-state index in [0.717, 1.165) is 18.6 Å². The van der Waals surface area contributed by atoms with Crippen molar-refractivity contribution in [3.63, 3.8) is 0 Å². The summed E-state index contributed by atoms with van der Waals surface area (Å²) in [7, 11) is 0. The van der Waals surface area contributed by atoms with Crippen LogP contribution in [0.4, 0.5) is 0 Å². The molecule has 0 spiro atoms. The molecule has 0 aliphatic carbocycles. The van der Waals surface area contributed by atoms with E-state index in [-0.39, 0.29) is 18.4 Å². The molecule has 0 bridgehead atoms. The summed E-state index contributed by atoms with van der Waals surface area (Å²) < 4.78 is 5.74. The van der Waals surface area contributed by atoms with E-state index >= 15 is 0 Å². The standard InChI is InChI=1S/C21H26N2O3/c1-3-14-22-20(24)16-23(15-4-2)21(25)17-10-12-19(13-11-17)26-18-8-6-5-7-9-18/h5-13H,3-4,14-16H2,1-2H3,(H,22,24). The molecule has 5 nitrogen and oxygen atoms in total. The first-order valence-corrected chi connectivity index (χ1v) is 9.03. The Bertz CT molecular complexity index is 699. The fraction of sp³-hybridized carbons (Fsp3) is 0.333. The minimum absolute atomic E-state index is 0.0783. The molecule has 0 fully saturated rings. The van der Waals surface area contributed by atoms with Gasteiger partial charge in [-0.25, -0.2) is 0 Å².